The van der Waals surface area contributed by atoms with Crippen LogP contribution >= 0.6 is 11.8 Å². The van der Waals surface area contributed by atoms with Crippen molar-refractivity contribution in [2.24, 2.45) is 0 Å². The number of nitrogens with one attached hydrogen (secondary N) is 2. The van der Waals surface area contributed by atoms with Crippen LogP contribution in [0.1, 0.15) is 32.7 Å². The van der Waals surface area contributed by atoms with E-state index >= 15 is 0 Å². The smallest absolute Gasteiger partial charge is 0.335 e. The Hall–Kier alpha value is -6.08. The van der Waals surface area contributed by atoms with Gasteiger partial charge in [-0.1, -0.05) is 24.3 Å². The van der Waals surface area contributed by atoms with Crippen LogP contribution < -0.4 is 15.5 Å². The van der Waals surface area contributed by atoms with E-state index in [1.807, 2.05) is 0 Å². The maximum atomic E-state index is 13.4. The first-order valence-electron chi connectivity index (χ1n) is 13.7. The normalized spacial score (nSPS) is 14.6. The lowest BCUT2D eigenvalue weighted by Gasteiger charge is -2.15. The molecular weight excluding hydrogens is 612 g/mol. The molecular formula is C33H24N4O8S. The summed E-state index contributed by atoms with van der Waals surface area (Å²) in [5.74, 6) is -3.22. The average Bonchev–Trinajstić information content (AvgIpc) is 3.33. The highest BCUT2D eigenvalue weighted by atomic mass is 32.2. The van der Waals surface area contributed by atoms with E-state index in [-0.39, 0.29) is 29.1 Å². The number of nitro groups is 1. The number of anilines is 2. The molecule has 1 atom stereocenters. The third-order valence-corrected chi connectivity index (χ3v) is 7.97. The Balaban J connectivity index is 1.32. The molecule has 1 saturated heterocycles. The highest BCUT2D eigenvalue weighted by Crippen LogP contribution is 2.35. The predicted octanol–water partition coefficient (Wildman–Crippen LogP) is 5.13. The summed E-state index contributed by atoms with van der Waals surface area (Å²) < 4.78 is 0. The van der Waals surface area contributed by atoms with Gasteiger partial charge in [0.2, 0.25) is 11.8 Å². The lowest BCUT2D eigenvalue weighted by atomic mass is 10.1. The quantitative estimate of drug-likeness (QED) is 0.0922. The van der Waals surface area contributed by atoms with Gasteiger partial charge in [-0.3, -0.25) is 29.3 Å². The van der Waals surface area contributed by atoms with Gasteiger partial charge >= 0.3 is 5.97 Å². The molecule has 4 aromatic rings. The van der Waals surface area contributed by atoms with Crippen LogP contribution in [0, 0.1) is 10.1 Å². The second-order valence-electron chi connectivity index (χ2n) is 9.94. The number of carbonyl (C=O) groups is 5. The second-order valence-corrected chi connectivity index (χ2v) is 11.2. The van der Waals surface area contributed by atoms with E-state index < -0.39 is 39.8 Å². The molecule has 4 aromatic carbocycles. The lowest BCUT2D eigenvalue weighted by molar-refractivity contribution is -0.384. The maximum Gasteiger partial charge on any atom is 0.335 e. The molecule has 46 heavy (non-hydrogen) atoms. The molecule has 0 bridgehead atoms. The number of nitro benzene ring substituents is 1. The average molecular weight is 637 g/mol. The molecule has 5 rings (SSSR count). The summed E-state index contributed by atoms with van der Waals surface area (Å²) in [4.78, 5) is 75.5. The second kappa shape index (κ2) is 13.7. The summed E-state index contributed by atoms with van der Waals surface area (Å²) in [5, 5.41) is 24.7. The third-order valence-electron chi connectivity index (χ3n) is 6.79. The number of hydrogen-bond acceptors (Lipinski definition) is 8. The Morgan fingerprint density at radius 2 is 1.59 bits per heavy atom. The van der Waals surface area contributed by atoms with Gasteiger partial charge in [-0.2, -0.15) is 0 Å². The van der Waals surface area contributed by atoms with Crippen LogP contribution in [0.25, 0.3) is 6.08 Å². The van der Waals surface area contributed by atoms with Gasteiger partial charge < -0.3 is 15.7 Å². The largest absolute Gasteiger partial charge is 0.478 e. The van der Waals surface area contributed by atoms with Crippen molar-refractivity contribution in [3.8, 4) is 0 Å². The van der Waals surface area contributed by atoms with Gasteiger partial charge in [0.05, 0.1) is 21.4 Å². The number of aromatic carboxylic acids is 1. The molecule has 1 aliphatic rings. The fourth-order valence-electron chi connectivity index (χ4n) is 4.53. The summed E-state index contributed by atoms with van der Waals surface area (Å²) in [5.41, 5.74) is 1.13. The minimum absolute atomic E-state index is 0.0259. The van der Waals surface area contributed by atoms with E-state index in [1.165, 1.54) is 54.6 Å². The number of imide groups is 1. The van der Waals surface area contributed by atoms with Crippen molar-refractivity contribution in [3.05, 3.63) is 136 Å². The molecule has 1 fully saturated rings. The summed E-state index contributed by atoms with van der Waals surface area (Å²) in [7, 11) is 0. The number of nitrogens with zero attached hydrogens (tertiary/aromatic N) is 2. The number of benzene rings is 4. The van der Waals surface area contributed by atoms with E-state index in [0.29, 0.717) is 21.7 Å². The predicted molar refractivity (Wildman–Crippen MR) is 170 cm³/mol. The van der Waals surface area contributed by atoms with Crippen LogP contribution in [0.5, 0.6) is 0 Å². The highest BCUT2D eigenvalue weighted by Gasteiger charge is 2.40. The molecule has 0 aromatic heterocycles. The van der Waals surface area contributed by atoms with Crippen molar-refractivity contribution >= 4 is 64.5 Å². The minimum atomic E-state index is -1.13. The monoisotopic (exact) mass is 636 g/mol. The van der Waals surface area contributed by atoms with Crippen LogP contribution in [-0.4, -0.2) is 44.9 Å². The Morgan fingerprint density at radius 1 is 0.891 bits per heavy atom. The zero-order chi connectivity index (χ0) is 32.8. The van der Waals surface area contributed by atoms with Crippen molar-refractivity contribution in [3.63, 3.8) is 0 Å². The molecule has 230 valence electrons. The Labute approximate surface area is 265 Å². The summed E-state index contributed by atoms with van der Waals surface area (Å²) >= 11 is 1.14. The number of carboxylic acid groups (broad SMARTS) is 1. The van der Waals surface area contributed by atoms with Crippen LogP contribution in [0.3, 0.4) is 0 Å². The van der Waals surface area contributed by atoms with E-state index in [0.717, 1.165) is 16.7 Å². The van der Waals surface area contributed by atoms with Gasteiger partial charge in [-0.15, -0.1) is 11.8 Å². The fourth-order valence-corrected chi connectivity index (χ4v) is 5.64. The fraction of sp³-hybridized carbons (Fsp3) is 0.0606. The molecule has 1 unspecified atom stereocenters. The van der Waals surface area contributed by atoms with Crippen molar-refractivity contribution in [2.45, 2.75) is 16.6 Å². The van der Waals surface area contributed by atoms with Crippen molar-refractivity contribution < 1.29 is 34.0 Å². The molecule has 0 spiro atoms. The Morgan fingerprint density at radius 3 is 2.24 bits per heavy atom. The molecule has 0 saturated carbocycles. The number of non-ortho nitro benzene ring substituents is 1. The molecule has 3 N–H and O–H groups in total. The molecule has 0 radical (unpaired) electrons. The SMILES string of the molecule is O=C(Nc1cccc(SC2CC(=O)N(c3ccc(C(=O)O)cc3)C2=O)c1)C(=Cc1ccc([N+](=O)[O-])cc1)NC(=O)c1ccccc1. The zero-order valence-corrected chi connectivity index (χ0v) is 24.6. The van der Waals surface area contributed by atoms with E-state index in [1.54, 1.807) is 54.6 Å². The maximum absolute atomic E-state index is 13.4. The van der Waals surface area contributed by atoms with Crippen molar-refractivity contribution in [2.75, 3.05) is 10.2 Å². The van der Waals surface area contributed by atoms with Gasteiger partial charge in [0.25, 0.3) is 17.5 Å². The van der Waals surface area contributed by atoms with E-state index in [9.17, 15) is 34.1 Å². The third kappa shape index (κ3) is 7.34. The Bertz CT molecular complexity index is 1880. The number of thioether (sulfide) groups is 1. The molecule has 13 heteroatoms. The van der Waals surface area contributed by atoms with Crippen LogP contribution in [0.15, 0.2) is 114 Å². The summed E-state index contributed by atoms with van der Waals surface area (Å²) in [6, 6.07) is 25.8. The van der Waals surface area contributed by atoms with Gasteiger partial charge in [0.15, 0.2) is 0 Å². The van der Waals surface area contributed by atoms with Crippen LogP contribution in [0.2, 0.25) is 0 Å². The number of carboxylic acids is 1. The first-order valence-corrected chi connectivity index (χ1v) is 14.6. The molecule has 1 heterocycles. The van der Waals surface area contributed by atoms with Gasteiger partial charge in [0.1, 0.15) is 5.70 Å². The van der Waals surface area contributed by atoms with Gasteiger partial charge in [-0.05, 0) is 78.4 Å². The summed E-state index contributed by atoms with van der Waals surface area (Å²) in [6.45, 7) is 0. The van der Waals surface area contributed by atoms with Crippen LogP contribution in [-0.2, 0) is 14.4 Å². The lowest BCUT2D eigenvalue weighted by Crippen LogP contribution is -2.31. The van der Waals surface area contributed by atoms with E-state index in [2.05, 4.69) is 10.6 Å². The van der Waals surface area contributed by atoms with Crippen molar-refractivity contribution in [1.82, 2.24) is 5.32 Å². The number of rotatable bonds is 10. The van der Waals surface area contributed by atoms with E-state index in [4.69, 9.17) is 5.11 Å². The van der Waals surface area contributed by atoms with Crippen molar-refractivity contribution in [1.29, 1.82) is 0 Å². The molecule has 4 amide bonds. The molecule has 1 aliphatic heterocycles. The molecule has 12 nitrogen and oxygen atoms in total. The molecule has 0 aliphatic carbocycles. The van der Waals surface area contributed by atoms with Gasteiger partial charge in [0, 0.05) is 34.7 Å². The number of amides is 4. The van der Waals surface area contributed by atoms with Gasteiger partial charge in [-0.25, -0.2) is 9.69 Å². The zero-order valence-electron chi connectivity index (χ0n) is 23.8. The number of hydrogen-bond donors (Lipinski definition) is 3. The highest BCUT2D eigenvalue weighted by molar-refractivity contribution is 8.00. The first kappa shape index (κ1) is 31.3. The van der Waals surface area contributed by atoms with Crippen LogP contribution in [0.4, 0.5) is 17.1 Å². The minimum Gasteiger partial charge on any atom is -0.478 e. The Kier molecular flexibility index (Phi) is 9.33. The first-order chi connectivity index (χ1) is 22.1. The summed E-state index contributed by atoms with van der Waals surface area (Å²) in [6.07, 6.45) is 1.31. The topological polar surface area (TPSA) is 176 Å². The standard InChI is InChI=1S/C33H24N4O8S/c38-29-19-28(32(41)36(29)24-15-11-22(12-16-24)33(42)43)46-26-8-4-7-23(18-26)34-31(40)27(35-30(39)21-5-2-1-3-6-21)17-20-9-13-25(14-10-20)37(44)45/h1-18,28H,19H2,(H,34,40)(H,35,39)(H,42,43). The number of carbonyl (C=O) groups excluding carboxylic acids is 4.